The second kappa shape index (κ2) is 7.08. The highest BCUT2D eigenvalue weighted by Crippen LogP contribution is 2.14. The van der Waals surface area contributed by atoms with Crippen molar-refractivity contribution >= 4 is 25.6 Å². The number of nitrogens with zero attached hydrogens (tertiary/aromatic N) is 2. The Morgan fingerprint density at radius 3 is 2.65 bits per heavy atom. The molecule has 0 radical (unpaired) electrons. The molecule has 20 heavy (non-hydrogen) atoms. The summed E-state index contributed by atoms with van der Waals surface area (Å²) >= 11 is 0. The summed E-state index contributed by atoms with van der Waals surface area (Å²) in [6.45, 7) is 5.85. The number of amides is 1. The molecule has 0 saturated carbocycles. The Labute approximate surface area is 123 Å². The molecule has 0 spiro atoms. The van der Waals surface area contributed by atoms with Crippen LogP contribution >= 0.6 is 10.7 Å². The fourth-order valence-corrected chi connectivity index (χ4v) is 2.64. The molecule has 1 unspecified atom stereocenters. The highest BCUT2D eigenvalue weighted by Gasteiger charge is 2.18. The normalized spacial score (nSPS) is 13.2. The first-order chi connectivity index (χ1) is 9.27. The molecule has 8 heteroatoms. The summed E-state index contributed by atoms with van der Waals surface area (Å²) < 4.78 is 24.0. The van der Waals surface area contributed by atoms with Crippen LogP contribution in [0.4, 0.5) is 0 Å². The van der Waals surface area contributed by atoms with Crippen molar-refractivity contribution in [3.63, 3.8) is 0 Å². The Balaban J connectivity index is 2.81. The number of aryl methyl sites for hydroxylation is 1. The average Bonchev–Trinajstić information content (AvgIpc) is 2.71. The van der Waals surface area contributed by atoms with Crippen molar-refractivity contribution in [2.75, 3.05) is 0 Å². The molecular weight excluding hydrogens is 302 g/mol. The SMILES string of the molecule is CCCC(C)NC(=O)Cn1cc(S(=O)(=O)Cl)nc1CC. The van der Waals surface area contributed by atoms with Crippen molar-refractivity contribution in [3.8, 4) is 0 Å². The van der Waals surface area contributed by atoms with Crippen LogP contribution in [-0.4, -0.2) is 29.9 Å². The van der Waals surface area contributed by atoms with E-state index in [0.29, 0.717) is 12.2 Å². The number of rotatable bonds is 7. The predicted octanol–water partition coefficient (Wildman–Crippen LogP) is 1.68. The molecule has 1 rings (SSSR count). The molecule has 0 saturated heterocycles. The highest BCUT2D eigenvalue weighted by atomic mass is 35.7. The van der Waals surface area contributed by atoms with Gasteiger partial charge in [0, 0.05) is 29.3 Å². The highest BCUT2D eigenvalue weighted by molar-refractivity contribution is 8.13. The van der Waals surface area contributed by atoms with Gasteiger partial charge in [-0.1, -0.05) is 20.3 Å². The van der Waals surface area contributed by atoms with Crippen LogP contribution in [0.2, 0.25) is 0 Å². The fraction of sp³-hybridized carbons (Fsp3) is 0.667. The third kappa shape index (κ3) is 4.79. The molecule has 0 aliphatic heterocycles. The van der Waals surface area contributed by atoms with Gasteiger partial charge in [-0.3, -0.25) is 4.79 Å². The molecular formula is C12H20ClN3O3S. The lowest BCUT2D eigenvalue weighted by atomic mass is 10.2. The summed E-state index contributed by atoms with van der Waals surface area (Å²) in [5.41, 5.74) is 0. The van der Waals surface area contributed by atoms with Crippen LogP contribution < -0.4 is 5.32 Å². The Morgan fingerprint density at radius 2 is 2.15 bits per heavy atom. The molecule has 0 bridgehead atoms. The molecule has 1 aromatic rings. The van der Waals surface area contributed by atoms with Crippen LogP contribution in [0.15, 0.2) is 11.2 Å². The largest absolute Gasteiger partial charge is 0.352 e. The van der Waals surface area contributed by atoms with E-state index in [4.69, 9.17) is 10.7 Å². The predicted molar refractivity (Wildman–Crippen MR) is 77.2 cm³/mol. The minimum atomic E-state index is -3.87. The lowest BCUT2D eigenvalue weighted by Crippen LogP contribution is -2.35. The zero-order valence-electron chi connectivity index (χ0n) is 11.9. The van der Waals surface area contributed by atoms with E-state index >= 15 is 0 Å². The molecule has 6 nitrogen and oxygen atoms in total. The van der Waals surface area contributed by atoms with Crippen LogP contribution in [-0.2, 0) is 26.8 Å². The molecule has 1 heterocycles. The zero-order valence-corrected chi connectivity index (χ0v) is 13.5. The summed E-state index contributed by atoms with van der Waals surface area (Å²) in [4.78, 5) is 15.8. The maximum Gasteiger partial charge on any atom is 0.280 e. The summed E-state index contributed by atoms with van der Waals surface area (Å²) in [5.74, 6) is 0.346. The molecule has 0 fully saturated rings. The smallest absolute Gasteiger partial charge is 0.280 e. The van der Waals surface area contributed by atoms with Crippen LogP contribution in [0.5, 0.6) is 0 Å². The Morgan fingerprint density at radius 1 is 1.50 bits per heavy atom. The number of imidazole rings is 1. The van der Waals surface area contributed by atoms with Crippen molar-refractivity contribution in [2.24, 2.45) is 0 Å². The van der Waals surface area contributed by atoms with Gasteiger partial charge in [-0.05, 0) is 13.3 Å². The van der Waals surface area contributed by atoms with E-state index in [9.17, 15) is 13.2 Å². The van der Waals surface area contributed by atoms with Crippen LogP contribution in [0.1, 0.15) is 39.4 Å². The number of hydrogen-bond acceptors (Lipinski definition) is 4. The van der Waals surface area contributed by atoms with Crippen LogP contribution in [0.25, 0.3) is 0 Å². The first kappa shape index (κ1) is 17.0. The van der Waals surface area contributed by atoms with E-state index in [1.54, 1.807) is 0 Å². The number of nitrogens with one attached hydrogen (secondary N) is 1. The molecule has 0 aliphatic carbocycles. The monoisotopic (exact) mass is 321 g/mol. The quantitative estimate of drug-likeness (QED) is 0.775. The van der Waals surface area contributed by atoms with E-state index < -0.39 is 9.05 Å². The van der Waals surface area contributed by atoms with E-state index in [0.717, 1.165) is 12.8 Å². The van der Waals surface area contributed by atoms with Crippen molar-refractivity contribution in [2.45, 2.75) is 57.6 Å². The number of halogens is 1. The Bertz CT molecular complexity index is 569. The van der Waals surface area contributed by atoms with Crippen LogP contribution in [0, 0.1) is 0 Å². The van der Waals surface area contributed by atoms with Crippen LogP contribution in [0.3, 0.4) is 0 Å². The van der Waals surface area contributed by atoms with Crippen molar-refractivity contribution in [3.05, 3.63) is 12.0 Å². The van der Waals surface area contributed by atoms with E-state index in [2.05, 4.69) is 10.3 Å². The molecule has 1 aromatic heterocycles. The summed E-state index contributed by atoms with van der Waals surface area (Å²) in [7, 11) is 1.39. The van der Waals surface area contributed by atoms with Gasteiger partial charge >= 0.3 is 0 Å². The van der Waals surface area contributed by atoms with Gasteiger partial charge < -0.3 is 9.88 Å². The number of carbonyl (C=O) groups excluding carboxylic acids is 1. The Hall–Kier alpha value is -1.08. The number of carbonyl (C=O) groups is 1. The second-order valence-corrected chi connectivity index (χ2v) is 7.18. The minimum absolute atomic E-state index is 0.0383. The molecule has 1 amide bonds. The van der Waals surface area contributed by atoms with Gasteiger partial charge in [0.15, 0.2) is 5.03 Å². The lowest BCUT2D eigenvalue weighted by Gasteiger charge is -2.13. The van der Waals surface area contributed by atoms with Gasteiger partial charge in [-0.25, -0.2) is 13.4 Å². The van der Waals surface area contributed by atoms with E-state index in [1.807, 2.05) is 20.8 Å². The minimum Gasteiger partial charge on any atom is -0.352 e. The maximum atomic E-state index is 11.9. The molecule has 0 aromatic carbocycles. The van der Waals surface area contributed by atoms with Gasteiger partial charge in [0.1, 0.15) is 12.4 Å². The Kier molecular flexibility index (Phi) is 6.01. The van der Waals surface area contributed by atoms with Gasteiger partial charge in [0.05, 0.1) is 0 Å². The fourth-order valence-electron chi connectivity index (χ4n) is 1.94. The number of hydrogen-bond donors (Lipinski definition) is 1. The standard InChI is InChI=1S/C12H20ClN3O3S/c1-4-6-9(3)14-11(17)7-16-8-12(20(13,18)19)15-10(16)5-2/h8-9H,4-7H2,1-3H3,(H,14,17). The summed E-state index contributed by atoms with van der Waals surface area (Å²) in [5, 5.41) is 2.64. The molecule has 1 N–H and O–H groups in total. The molecule has 0 aliphatic rings. The zero-order chi connectivity index (χ0) is 15.3. The topological polar surface area (TPSA) is 81.1 Å². The third-order valence-corrected chi connectivity index (χ3v) is 4.02. The van der Waals surface area contributed by atoms with Crippen molar-refractivity contribution in [1.29, 1.82) is 0 Å². The van der Waals surface area contributed by atoms with E-state index in [1.165, 1.54) is 10.8 Å². The van der Waals surface area contributed by atoms with Gasteiger partial charge in [0.2, 0.25) is 5.91 Å². The summed E-state index contributed by atoms with van der Waals surface area (Å²) in [6, 6.07) is 0.0947. The van der Waals surface area contributed by atoms with Crippen molar-refractivity contribution in [1.82, 2.24) is 14.9 Å². The lowest BCUT2D eigenvalue weighted by molar-refractivity contribution is -0.122. The third-order valence-electron chi connectivity index (χ3n) is 2.85. The van der Waals surface area contributed by atoms with E-state index in [-0.39, 0.29) is 23.5 Å². The van der Waals surface area contributed by atoms with Gasteiger partial charge in [0.25, 0.3) is 9.05 Å². The van der Waals surface area contributed by atoms with Gasteiger partial charge in [-0.15, -0.1) is 0 Å². The first-order valence-electron chi connectivity index (χ1n) is 6.58. The number of aromatic nitrogens is 2. The summed E-state index contributed by atoms with van der Waals surface area (Å²) in [6.07, 6.45) is 3.70. The molecule has 114 valence electrons. The van der Waals surface area contributed by atoms with Crippen molar-refractivity contribution < 1.29 is 13.2 Å². The van der Waals surface area contributed by atoms with Gasteiger partial charge in [-0.2, -0.15) is 0 Å². The maximum absolute atomic E-state index is 11.9. The molecule has 1 atom stereocenters. The second-order valence-electron chi connectivity index (χ2n) is 4.67. The average molecular weight is 322 g/mol. The first-order valence-corrected chi connectivity index (χ1v) is 8.88.